The van der Waals surface area contributed by atoms with Crippen molar-refractivity contribution in [2.75, 3.05) is 0 Å². The molecule has 4 aromatic rings. The second kappa shape index (κ2) is 7.77. The summed E-state index contributed by atoms with van der Waals surface area (Å²) < 4.78 is 10.6. The summed E-state index contributed by atoms with van der Waals surface area (Å²) in [5.41, 5.74) is 2.68. The highest BCUT2D eigenvalue weighted by molar-refractivity contribution is 6.31. The number of fused-ring (bicyclic) bond motifs is 3. The first-order chi connectivity index (χ1) is 16.3. The molecule has 0 spiro atoms. The fourth-order valence-corrected chi connectivity index (χ4v) is 4.28. The van der Waals surface area contributed by atoms with Crippen molar-refractivity contribution in [1.82, 2.24) is 9.97 Å². The Labute approximate surface area is 193 Å². The third-order valence-corrected chi connectivity index (χ3v) is 5.65. The molecule has 3 aromatic carbocycles. The van der Waals surface area contributed by atoms with E-state index in [0.29, 0.717) is 17.0 Å². The fraction of sp³-hybridized carbons (Fsp3) is 0.115. The first-order valence-corrected chi connectivity index (χ1v) is 10.5. The van der Waals surface area contributed by atoms with Crippen molar-refractivity contribution in [3.63, 3.8) is 0 Å². The third kappa shape index (κ3) is 3.27. The van der Waals surface area contributed by atoms with Crippen molar-refractivity contribution in [3.05, 3.63) is 76.3 Å². The molecule has 0 atom stereocenters. The van der Waals surface area contributed by atoms with E-state index in [4.69, 9.17) is 9.47 Å². The van der Waals surface area contributed by atoms with Crippen LogP contribution in [0.25, 0.3) is 22.4 Å². The van der Waals surface area contributed by atoms with Crippen LogP contribution in [0.3, 0.4) is 0 Å². The van der Waals surface area contributed by atoms with E-state index in [1.165, 1.54) is 32.0 Å². The molecular weight excluding hydrogens is 436 g/mol. The molecule has 34 heavy (non-hydrogen) atoms. The lowest BCUT2D eigenvalue weighted by molar-refractivity contribution is -0.132. The maximum Gasteiger partial charge on any atom is 0.308 e. The Morgan fingerprint density at radius 2 is 1.50 bits per heavy atom. The lowest BCUT2D eigenvalue weighted by Crippen LogP contribution is -2.25. The number of carbonyl (C=O) groups excluding carboxylic acids is 4. The van der Waals surface area contributed by atoms with Crippen LogP contribution in [0, 0.1) is 6.92 Å². The van der Waals surface area contributed by atoms with Crippen LogP contribution in [0.15, 0.2) is 48.5 Å². The van der Waals surface area contributed by atoms with E-state index in [1.54, 1.807) is 13.0 Å². The Morgan fingerprint density at radius 3 is 2.21 bits per heavy atom. The summed E-state index contributed by atoms with van der Waals surface area (Å²) in [5, 5.41) is 0. The molecule has 0 unspecified atom stereocenters. The molecule has 1 N–H and O–H groups in total. The van der Waals surface area contributed by atoms with Gasteiger partial charge in [0.15, 0.2) is 5.78 Å². The molecule has 1 aliphatic rings. The molecule has 8 nitrogen and oxygen atoms in total. The molecule has 8 heteroatoms. The van der Waals surface area contributed by atoms with Crippen molar-refractivity contribution < 1.29 is 28.7 Å². The van der Waals surface area contributed by atoms with Crippen molar-refractivity contribution in [2.24, 2.45) is 0 Å². The highest BCUT2D eigenvalue weighted by Gasteiger charge is 2.38. The molecule has 0 aliphatic heterocycles. The molecule has 0 radical (unpaired) electrons. The van der Waals surface area contributed by atoms with E-state index in [-0.39, 0.29) is 33.8 Å². The molecule has 0 bridgehead atoms. The van der Waals surface area contributed by atoms with E-state index in [0.717, 1.165) is 11.0 Å². The number of imidazole rings is 1. The summed E-state index contributed by atoms with van der Waals surface area (Å²) in [5.74, 6) is -1.92. The molecule has 1 aromatic heterocycles. The van der Waals surface area contributed by atoms with Gasteiger partial charge in [0, 0.05) is 30.5 Å². The maximum atomic E-state index is 13.6. The number of carbonyl (C=O) groups is 4. The predicted molar refractivity (Wildman–Crippen MR) is 122 cm³/mol. The summed E-state index contributed by atoms with van der Waals surface area (Å²) in [7, 11) is 0. The van der Waals surface area contributed by atoms with Gasteiger partial charge < -0.3 is 14.5 Å². The molecule has 1 heterocycles. The first-order valence-electron chi connectivity index (χ1n) is 10.5. The smallest absolute Gasteiger partial charge is 0.308 e. The van der Waals surface area contributed by atoms with Crippen LogP contribution in [-0.4, -0.2) is 33.5 Å². The average molecular weight is 454 g/mol. The second-order valence-electron chi connectivity index (χ2n) is 7.92. The van der Waals surface area contributed by atoms with E-state index in [2.05, 4.69) is 9.97 Å². The number of H-pyrrole nitrogens is 1. The van der Waals surface area contributed by atoms with Crippen LogP contribution in [-0.2, 0) is 9.59 Å². The number of ether oxygens (including phenoxy) is 2. The monoisotopic (exact) mass is 454 g/mol. The molecular formula is C26H18N2O6. The zero-order valence-electron chi connectivity index (χ0n) is 18.5. The number of ketones is 2. The number of benzene rings is 3. The highest BCUT2D eigenvalue weighted by Crippen LogP contribution is 2.42. The average Bonchev–Trinajstić information content (AvgIpc) is 3.21. The van der Waals surface area contributed by atoms with Crippen molar-refractivity contribution in [1.29, 1.82) is 0 Å². The lowest BCUT2D eigenvalue weighted by atomic mass is 9.79. The van der Waals surface area contributed by atoms with Gasteiger partial charge in [-0.25, -0.2) is 4.98 Å². The van der Waals surface area contributed by atoms with Gasteiger partial charge in [-0.1, -0.05) is 24.3 Å². The minimum Gasteiger partial charge on any atom is -0.426 e. The van der Waals surface area contributed by atoms with Crippen LogP contribution in [0.2, 0.25) is 0 Å². The van der Waals surface area contributed by atoms with Crippen LogP contribution in [0.1, 0.15) is 51.3 Å². The number of hydrogen-bond donors (Lipinski definition) is 1. The highest BCUT2D eigenvalue weighted by atomic mass is 16.5. The third-order valence-electron chi connectivity index (χ3n) is 5.65. The Bertz CT molecular complexity index is 1530. The Balaban J connectivity index is 1.79. The van der Waals surface area contributed by atoms with Gasteiger partial charge in [0.25, 0.3) is 0 Å². The summed E-state index contributed by atoms with van der Waals surface area (Å²) >= 11 is 0. The van der Waals surface area contributed by atoms with Gasteiger partial charge in [0.2, 0.25) is 5.78 Å². The largest absolute Gasteiger partial charge is 0.426 e. The molecule has 0 amide bonds. The van der Waals surface area contributed by atoms with Gasteiger partial charge in [-0.15, -0.1) is 0 Å². The van der Waals surface area contributed by atoms with Crippen LogP contribution in [0.5, 0.6) is 11.5 Å². The number of aromatic nitrogens is 2. The van der Waals surface area contributed by atoms with Gasteiger partial charge in [-0.05, 0) is 36.8 Å². The number of para-hydroxylation sites is 2. The lowest BCUT2D eigenvalue weighted by Gasteiger charge is -2.24. The molecule has 0 fully saturated rings. The van der Waals surface area contributed by atoms with Crippen molar-refractivity contribution in [3.8, 4) is 22.9 Å². The van der Waals surface area contributed by atoms with Crippen LogP contribution < -0.4 is 9.47 Å². The standard InChI is InChI=1S/C26H18N2O6/c1-12-16(26-27-17-8-4-5-9-18(17)28-26)11-20(34-14(3)30)23-21(12)24(31)15-7-6-10-19(33-13(2)29)22(15)25(23)32/h4-11H,1-3H3,(H,27,28). The van der Waals surface area contributed by atoms with Crippen molar-refractivity contribution in [2.45, 2.75) is 20.8 Å². The predicted octanol–water partition coefficient (Wildman–Crippen LogP) is 4.16. The fourth-order valence-electron chi connectivity index (χ4n) is 4.28. The number of nitrogens with one attached hydrogen (secondary N) is 1. The number of aromatic amines is 1. The van der Waals surface area contributed by atoms with Gasteiger partial charge in [-0.2, -0.15) is 0 Å². The summed E-state index contributed by atoms with van der Waals surface area (Å²) in [6, 6.07) is 13.5. The Hall–Kier alpha value is -4.59. The minimum atomic E-state index is -0.652. The quantitative estimate of drug-likeness (QED) is 0.321. The number of nitrogens with zero attached hydrogens (tertiary/aromatic N) is 1. The van der Waals surface area contributed by atoms with Gasteiger partial charge in [0.1, 0.15) is 17.3 Å². The van der Waals surface area contributed by atoms with Crippen molar-refractivity contribution >= 4 is 34.5 Å². The number of esters is 2. The summed E-state index contributed by atoms with van der Waals surface area (Å²) in [6.07, 6.45) is 0. The molecule has 0 saturated heterocycles. The second-order valence-corrected chi connectivity index (χ2v) is 7.92. The zero-order chi connectivity index (χ0) is 24.1. The summed E-state index contributed by atoms with van der Waals surface area (Å²) in [6.45, 7) is 4.13. The molecule has 0 saturated carbocycles. The Kier molecular flexibility index (Phi) is 4.86. The maximum absolute atomic E-state index is 13.6. The van der Waals surface area contributed by atoms with Crippen LogP contribution in [0.4, 0.5) is 0 Å². The molecule has 5 rings (SSSR count). The van der Waals surface area contributed by atoms with Gasteiger partial charge in [-0.3, -0.25) is 19.2 Å². The normalized spacial score (nSPS) is 12.3. The van der Waals surface area contributed by atoms with E-state index in [9.17, 15) is 19.2 Å². The van der Waals surface area contributed by atoms with E-state index in [1.807, 2.05) is 24.3 Å². The minimum absolute atomic E-state index is 0.0261. The number of hydrogen-bond acceptors (Lipinski definition) is 7. The van der Waals surface area contributed by atoms with Gasteiger partial charge in [0.05, 0.1) is 22.2 Å². The number of rotatable bonds is 3. The van der Waals surface area contributed by atoms with E-state index < -0.39 is 23.5 Å². The summed E-state index contributed by atoms with van der Waals surface area (Å²) in [4.78, 5) is 58.6. The molecule has 168 valence electrons. The topological polar surface area (TPSA) is 115 Å². The van der Waals surface area contributed by atoms with E-state index >= 15 is 0 Å². The Morgan fingerprint density at radius 1 is 0.794 bits per heavy atom. The van der Waals surface area contributed by atoms with Gasteiger partial charge >= 0.3 is 11.9 Å². The first kappa shape index (κ1) is 21.3. The zero-order valence-corrected chi connectivity index (χ0v) is 18.5. The molecule has 1 aliphatic carbocycles. The SMILES string of the molecule is CC(=O)Oc1cccc2c1C(=O)c1c(OC(C)=O)cc(-c3nc4ccccc4[nH]3)c(C)c1C2=O. The van der Waals surface area contributed by atoms with Crippen LogP contribution >= 0.6 is 0 Å².